The van der Waals surface area contributed by atoms with Crippen molar-refractivity contribution < 1.29 is 9.53 Å². The van der Waals surface area contributed by atoms with Gasteiger partial charge in [0.05, 0.1) is 0 Å². The third kappa shape index (κ3) is 1.71. The molecule has 15 heavy (non-hydrogen) atoms. The van der Waals surface area contributed by atoms with Gasteiger partial charge in [-0.2, -0.15) is 5.26 Å². The maximum Gasteiger partial charge on any atom is 0.181 e. The SMILES string of the molecule is CC(C#N)Oc1cccc2c1CCC2=O. The van der Waals surface area contributed by atoms with E-state index in [1.54, 1.807) is 13.0 Å². The van der Waals surface area contributed by atoms with Gasteiger partial charge in [0.1, 0.15) is 11.8 Å². The molecular weight excluding hydrogens is 190 g/mol. The first-order valence-electron chi connectivity index (χ1n) is 4.93. The normalized spacial score (nSPS) is 15.6. The molecule has 0 radical (unpaired) electrons. The summed E-state index contributed by atoms with van der Waals surface area (Å²) in [4.78, 5) is 11.5. The molecule has 0 bridgehead atoms. The number of carbonyl (C=O) groups excluding carboxylic acids is 1. The van der Waals surface area contributed by atoms with Crippen molar-refractivity contribution in [3.05, 3.63) is 29.3 Å². The zero-order valence-electron chi connectivity index (χ0n) is 8.49. The van der Waals surface area contributed by atoms with Crippen LogP contribution in [0.4, 0.5) is 0 Å². The van der Waals surface area contributed by atoms with E-state index in [9.17, 15) is 4.79 Å². The molecule has 2 rings (SSSR count). The molecule has 76 valence electrons. The third-order valence-electron chi connectivity index (χ3n) is 2.52. The molecule has 3 nitrogen and oxygen atoms in total. The van der Waals surface area contributed by atoms with E-state index < -0.39 is 6.10 Å². The Morgan fingerprint density at radius 2 is 2.27 bits per heavy atom. The van der Waals surface area contributed by atoms with Gasteiger partial charge in [-0.25, -0.2) is 0 Å². The molecule has 1 aromatic rings. The summed E-state index contributed by atoms with van der Waals surface area (Å²) in [6.45, 7) is 1.69. The lowest BCUT2D eigenvalue weighted by molar-refractivity contribution is 0.0994. The van der Waals surface area contributed by atoms with Crippen molar-refractivity contribution in [2.75, 3.05) is 0 Å². The van der Waals surface area contributed by atoms with Gasteiger partial charge in [0.25, 0.3) is 0 Å². The summed E-state index contributed by atoms with van der Waals surface area (Å²) in [6.07, 6.45) is 0.797. The number of ketones is 1. The van der Waals surface area contributed by atoms with Gasteiger partial charge < -0.3 is 4.74 Å². The van der Waals surface area contributed by atoms with E-state index in [0.29, 0.717) is 12.2 Å². The van der Waals surface area contributed by atoms with Crippen molar-refractivity contribution in [1.29, 1.82) is 5.26 Å². The number of hydrogen-bond donors (Lipinski definition) is 0. The van der Waals surface area contributed by atoms with E-state index in [1.807, 2.05) is 18.2 Å². The van der Waals surface area contributed by atoms with Crippen LogP contribution in [0.2, 0.25) is 0 Å². The first kappa shape index (κ1) is 9.72. The van der Waals surface area contributed by atoms with Gasteiger partial charge in [-0.05, 0) is 19.4 Å². The number of carbonyl (C=O) groups is 1. The minimum Gasteiger partial charge on any atom is -0.476 e. The van der Waals surface area contributed by atoms with Gasteiger partial charge in [-0.1, -0.05) is 12.1 Å². The van der Waals surface area contributed by atoms with Crippen LogP contribution in [0.25, 0.3) is 0 Å². The van der Waals surface area contributed by atoms with E-state index in [4.69, 9.17) is 10.00 Å². The van der Waals surface area contributed by atoms with E-state index in [-0.39, 0.29) is 5.78 Å². The molecule has 0 amide bonds. The van der Waals surface area contributed by atoms with Gasteiger partial charge >= 0.3 is 0 Å². The summed E-state index contributed by atoms with van der Waals surface area (Å²) in [6, 6.07) is 7.43. The Labute approximate surface area is 88.3 Å². The molecule has 0 fully saturated rings. The van der Waals surface area contributed by atoms with Crippen LogP contribution in [-0.2, 0) is 6.42 Å². The largest absolute Gasteiger partial charge is 0.476 e. The monoisotopic (exact) mass is 201 g/mol. The Kier molecular flexibility index (Phi) is 2.42. The fourth-order valence-corrected chi connectivity index (χ4v) is 1.79. The summed E-state index contributed by atoms with van der Waals surface area (Å²) >= 11 is 0. The minimum absolute atomic E-state index is 0.167. The number of nitrogens with zero attached hydrogens (tertiary/aromatic N) is 1. The van der Waals surface area contributed by atoms with Crippen molar-refractivity contribution in [3.8, 4) is 11.8 Å². The molecule has 1 unspecified atom stereocenters. The number of fused-ring (bicyclic) bond motifs is 1. The predicted molar refractivity (Wildman–Crippen MR) is 54.8 cm³/mol. The Bertz CT molecular complexity index is 445. The highest BCUT2D eigenvalue weighted by atomic mass is 16.5. The molecule has 0 aliphatic heterocycles. The van der Waals surface area contributed by atoms with Crippen LogP contribution in [0.15, 0.2) is 18.2 Å². The molecule has 1 atom stereocenters. The van der Waals surface area contributed by atoms with Crippen molar-refractivity contribution in [2.45, 2.75) is 25.9 Å². The second-order valence-electron chi connectivity index (χ2n) is 3.59. The van der Waals surface area contributed by atoms with E-state index >= 15 is 0 Å². The lowest BCUT2D eigenvalue weighted by Crippen LogP contribution is -2.09. The molecule has 0 saturated carbocycles. The van der Waals surface area contributed by atoms with Gasteiger partial charge in [-0.3, -0.25) is 4.79 Å². The first-order valence-corrected chi connectivity index (χ1v) is 4.93. The number of Topliss-reactive ketones (excluding diaryl/α,β-unsaturated/α-hetero) is 1. The minimum atomic E-state index is -0.479. The van der Waals surface area contributed by atoms with Crippen LogP contribution >= 0.6 is 0 Å². The summed E-state index contributed by atoms with van der Waals surface area (Å²) < 4.78 is 5.44. The van der Waals surface area contributed by atoms with Crippen LogP contribution in [0.5, 0.6) is 5.75 Å². The fraction of sp³-hybridized carbons (Fsp3) is 0.333. The number of benzene rings is 1. The lowest BCUT2D eigenvalue weighted by atomic mass is 10.1. The second-order valence-corrected chi connectivity index (χ2v) is 3.59. The molecule has 1 aliphatic rings. The van der Waals surface area contributed by atoms with Gasteiger partial charge in [0, 0.05) is 17.5 Å². The smallest absolute Gasteiger partial charge is 0.181 e. The molecule has 3 heteroatoms. The maximum atomic E-state index is 11.5. The van der Waals surface area contributed by atoms with E-state index in [1.165, 1.54) is 0 Å². The number of rotatable bonds is 2. The predicted octanol–water partition coefficient (Wildman–Crippen LogP) is 2.11. The zero-order valence-corrected chi connectivity index (χ0v) is 8.49. The summed E-state index contributed by atoms with van der Waals surface area (Å²) in [7, 11) is 0. The fourth-order valence-electron chi connectivity index (χ4n) is 1.79. The lowest BCUT2D eigenvalue weighted by Gasteiger charge is -2.11. The van der Waals surface area contributed by atoms with Gasteiger partial charge in [0.2, 0.25) is 0 Å². The zero-order chi connectivity index (χ0) is 10.8. The Balaban J connectivity index is 2.35. The molecule has 0 spiro atoms. The molecule has 1 aromatic carbocycles. The highest BCUT2D eigenvalue weighted by molar-refractivity contribution is 6.01. The molecule has 0 saturated heterocycles. The molecule has 0 N–H and O–H groups in total. The standard InChI is InChI=1S/C12H11NO2/c1-8(7-13)15-12-4-2-3-9-10(12)5-6-11(9)14/h2-4,8H,5-6H2,1H3. The number of nitriles is 1. The van der Waals surface area contributed by atoms with Crippen molar-refractivity contribution in [2.24, 2.45) is 0 Å². The Morgan fingerprint density at radius 1 is 1.47 bits per heavy atom. The van der Waals surface area contributed by atoms with Crippen LogP contribution in [-0.4, -0.2) is 11.9 Å². The topological polar surface area (TPSA) is 50.1 Å². The van der Waals surface area contributed by atoms with Crippen molar-refractivity contribution in [3.63, 3.8) is 0 Å². The van der Waals surface area contributed by atoms with E-state index in [2.05, 4.69) is 0 Å². The molecular formula is C12H11NO2. The van der Waals surface area contributed by atoms with E-state index in [0.717, 1.165) is 17.5 Å². The van der Waals surface area contributed by atoms with Crippen molar-refractivity contribution >= 4 is 5.78 Å². The quantitative estimate of drug-likeness (QED) is 0.736. The maximum absolute atomic E-state index is 11.5. The van der Waals surface area contributed by atoms with Gasteiger partial charge in [-0.15, -0.1) is 0 Å². The average molecular weight is 201 g/mol. The first-order chi connectivity index (χ1) is 7.22. The molecule has 1 aliphatic carbocycles. The molecule has 0 heterocycles. The van der Waals surface area contributed by atoms with Crippen LogP contribution in [0, 0.1) is 11.3 Å². The third-order valence-corrected chi connectivity index (χ3v) is 2.52. The Morgan fingerprint density at radius 3 is 3.00 bits per heavy atom. The number of hydrogen-bond acceptors (Lipinski definition) is 3. The summed E-state index contributed by atoms with van der Waals surface area (Å²) in [5.41, 5.74) is 1.70. The summed E-state index contributed by atoms with van der Waals surface area (Å²) in [5, 5.41) is 8.65. The number of ether oxygens (including phenoxy) is 1. The highest BCUT2D eigenvalue weighted by Crippen LogP contribution is 2.30. The van der Waals surface area contributed by atoms with Crippen LogP contribution in [0.1, 0.15) is 29.3 Å². The van der Waals surface area contributed by atoms with Gasteiger partial charge in [0.15, 0.2) is 11.9 Å². The van der Waals surface area contributed by atoms with Crippen molar-refractivity contribution in [1.82, 2.24) is 0 Å². The average Bonchev–Trinajstić information content (AvgIpc) is 2.62. The molecule has 0 aromatic heterocycles. The second kappa shape index (κ2) is 3.74. The van der Waals surface area contributed by atoms with Crippen LogP contribution < -0.4 is 4.74 Å². The van der Waals surface area contributed by atoms with Crippen LogP contribution in [0.3, 0.4) is 0 Å². The Hall–Kier alpha value is -1.82. The summed E-state index contributed by atoms with van der Waals surface area (Å²) in [5.74, 6) is 0.840. The highest BCUT2D eigenvalue weighted by Gasteiger charge is 2.23.